The van der Waals surface area contributed by atoms with Crippen LogP contribution < -0.4 is 10.1 Å². The van der Waals surface area contributed by atoms with Crippen molar-refractivity contribution in [2.75, 3.05) is 38.7 Å². The van der Waals surface area contributed by atoms with Crippen molar-refractivity contribution in [1.82, 2.24) is 4.90 Å². The number of nitrogens with zero attached hydrogens (tertiary/aromatic N) is 1. The van der Waals surface area contributed by atoms with Gasteiger partial charge < -0.3 is 24.8 Å². The zero-order valence-corrected chi connectivity index (χ0v) is 13.5. The number of rotatable bonds is 7. The van der Waals surface area contributed by atoms with Gasteiger partial charge in [-0.25, -0.2) is 9.18 Å². The van der Waals surface area contributed by atoms with Crippen molar-refractivity contribution >= 4 is 17.6 Å². The minimum atomic E-state index is -0.666. The van der Waals surface area contributed by atoms with E-state index in [1.54, 1.807) is 6.92 Å². The lowest BCUT2D eigenvalue weighted by molar-refractivity contribution is -0.136. The van der Waals surface area contributed by atoms with Gasteiger partial charge in [0.05, 0.1) is 38.1 Å². The van der Waals surface area contributed by atoms with E-state index in [1.165, 1.54) is 30.2 Å². The summed E-state index contributed by atoms with van der Waals surface area (Å²) in [4.78, 5) is 25.7. The van der Waals surface area contributed by atoms with Crippen LogP contribution in [-0.4, -0.2) is 55.3 Å². The Kier molecular flexibility index (Phi) is 5.75. The maximum absolute atomic E-state index is 13.5. The standard InChI is InChI=1S/C16H19FN2O5/c1-3-24-13-5-4-10(17)8-12(13)18-14-11(16(22)23-2)9-19(6-7-20)15(14)21/h4-5,8,18,20H,3,6-7,9H2,1-2H3. The van der Waals surface area contributed by atoms with Gasteiger partial charge in [0.1, 0.15) is 17.3 Å². The third-order valence-electron chi connectivity index (χ3n) is 3.45. The van der Waals surface area contributed by atoms with Gasteiger partial charge in [-0.3, -0.25) is 4.79 Å². The van der Waals surface area contributed by atoms with E-state index < -0.39 is 17.7 Å². The van der Waals surface area contributed by atoms with Crippen LogP contribution in [0.3, 0.4) is 0 Å². The predicted octanol–water partition coefficient (Wildman–Crippen LogP) is 0.898. The Morgan fingerprint density at radius 3 is 2.83 bits per heavy atom. The molecule has 130 valence electrons. The molecule has 2 rings (SSSR count). The zero-order chi connectivity index (χ0) is 17.7. The van der Waals surface area contributed by atoms with Crippen molar-refractivity contribution in [3.8, 4) is 5.75 Å². The van der Waals surface area contributed by atoms with E-state index in [1.807, 2.05) is 0 Å². The zero-order valence-electron chi connectivity index (χ0n) is 13.5. The van der Waals surface area contributed by atoms with Gasteiger partial charge in [0.25, 0.3) is 5.91 Å². The second kappa shape index (κ2) is 7.78. The quantitative estimate of drug-likeness (QED) is 0.718. The Hall–Kier alpha value is -2.61. The van der Waals surface area contributed by atoms with E-state index in [2.05, 4.69) is 5.32 Å². The predicted molar refractivity (Wildman–Crippen MR) is 83.9 cm³/mol. The van der Waals surface area contributed by atoms with Crippen LogP contribution in [0.2, 0.25) is 0 Å². The van der Waals surface area contributed by atoms with Gasteiger partial charge in [-0.15, -0.1) is 0 Å². The number of esters is 1. The summed E-state index contributed by atoms with van der Waals surface area (Å²) in [5, 5.41) is 11.8. The smallest absolute Gasteiger partial charge is 0.337 e. The Balaban J connectivity index is 2.38. The molecule has 0 saturated carbocycles. The summed E-state index contributed by atoms with van der Waals surface area (Å²) in [7, 11) is 1.21. The Labute approximate surface area is 138 Å². The molecule has 0 atom stereocenters. The first kappa shape index (κ1) is 17.7. The number of anilines is 1. The number of hydrogen-bond acceptors (Lipinski definition) is 6. The first-order chi connectivity index (χ1) is 11.5. The minimum Gasteiger partial charge on any atom is -0.492 e. The molecule has 0 spiro atoms. The van der Waals surface area contributed by atoms with Crippen LogP contribution in [0, 0.1) is 5.82 Å². The number of methoxy groups -OCH3 is 1. The SMILES string of the molecule is CCOc1ccc(F)cc1NC1=C(C(=O)OC)CN(CCO)C1=O. The van der Waals surface area contributed by atoms with Gasteiger partial charge >= 0.3 is 5.97 Å². The summed E-state index contributed by atoms with van der Waals surface area (Å²) in [6, 6.07) is 3.85. The monoisotopic (exact) mass is 338 g/mol. The summed E-state index contributed by atoms with van der Waals surface area (Å²) in [6.07, 6.45) is 0. The summed E-state index contributed by atoms with van der Waals surface area (Å²) < 4.78 is 23.6. The van der Waals surface area contributed by atoms with Crippen LogP contribution in [0.15, 0.2) is 29.5 Å². The highest BCUT2D eigenvalue weighted by molar-refractivity contribution is 6.08. The number of carbonyl (C=O) groups excluding carboxylic acids is 2. The first-order valence-electron chi connectivity index (χ1n) is 7.42. The van der Waals surface area contributed by atoms with Gasteiger partial charge in [-0.2, -0.15) is 0 Å². The second-order valence-corrected chi connectivity index (χ2v) is 4.99. The van der Waals surface area contributed by atoms with Gasteiger partial charge in [0.15, 0.2) is 0 Å². The Morgan fingerprint density at radius 2 is 2.21 bits per heavy atom. The number of halogens is 1. The lowest BCUT2D eigenvalue weighted by atomic mass is 10.2. The molecule has 7 nitrogen and oxygen atoms in total. The summed E-state index contributed by atoms with van der Waals surface area (Å²) in [6.45, 7) is 1.97. The number of nitrogens with one attached hydrogen (secondary N) is 1. The molecular formula is C16H19FN2O5. The van der Waals surface area contributed by atoms with E-state index in [0.717, 1.165) is 0 Å². The highest BCUT2D eigenvalue weighted by Crippen LogP contribution is 2.30. The molecule has 0 radical (unpaired) electrons. The average molecular weight is 338 g/mol. The van der Waals surface area contributed by atoms with Gasteiger partial charge in [0, 0.05) is 12.6 Å². The molecule has 0 unspecified atom stereocenters. The molecule has 1 heterocycles. The molecule has 1 amide bonds. The highest BCUT2D eigenvalue weighted by atomic mass is 19.1. The number of aliphatic hydroxyl groups excluding tert-OH is 1. The molecule has 1 aliphatic rings. The fourth-order valence-corrected chi connectivity index (χ4v) is 2.36. The van der Waals surface area contributed by atoms with Crippen molar-refractivity contribution in [3.63, 3.8) is 0 Å². The third kappa shape index (κ3) is 3.65. The Morgan fingerprint density at radius 1 is 1.46 bits per heavy atom. The number of benzene rings is 1. The van der Waals surface area contributed by atoms with E-state index in [-0.39, 0.29) is 36.7 Å². The molecule has 0 bridgehead atoms. The number of amides is 1. The van der Waals surface area contributed by atoms with Crippen LogP contribution >= 0.6 is 0 Å². The lowest BCUT2D eigenvalue weighted by Crippen LogP contribution is -2.31. The molecule has 1 aliphatic heterocycles. The van der Waals surface area contributed by atoms with Crippen molar-refractivity contribution in [2.45, 2.75) is 6.92 Å². The highest BCUT2D eigenvalue weighted by Gasteiger charge is 2.34. The number of ether oxygens (including phenoxy) is 2. The van der Waals surface area contributed by atoms with Crippen molar-refractivity contribution in [2.24, 2.45) is 0 Å². The molecule has 0 aliphatic carbocycles. The molecule has 1 aromatic rings. The molecule has 0 aromatic heterocycles. The van der Waals surface area contributed by atoms with Crippen LogP contribution in [0.4, 0.5) is 10.1 Å². The fourth-order valence-electron chi connectivity index (χ4n) is 2.36. The first-order valence-corrected chi connectivity index (χ1v) is 7.42. The second-order valence-electron chi connectivity index (χ2n) is 4.99. The largest absolute Gasteiger partial charge is 0.492 e. The van der Waals surface area contributed by atoms with Crippen LogP contribution in [0.25, 0.3) is 0 Å². The van der Waals surface area contributed by atoms with Gasteiger partial charge in [-0.05, 0) is 19.1 Å². The lowest BCUT2D eigenvalue weighted by Gasteiger charge is -2.16. The normalized spacial score (nSPS) is 14.2. The fraction of sp³-hybridized carbons (Fsp3) is 0.375. The van der Waals surface area contributed by atoms with Crippen molar-refractivity contribution in [1.29, 1.82) is 0 Å². The minimum absolute atomic E-state index is 0.00762. The van der Waals surface area contributed by atoms with Crippen LogP contribution in [-0.2, 0) is 14.3 Å². The maximum atomic E-state index is 13.5. The molecule has 2 N–H and O–H groups in total. The van der Waals surface area contributed by atoms with E-state index in [9.17, 15) is 14.0 Å². The van der Waals surface area contributed by atoms with Crippen LogP contribution in [0.1, 0.15) is 6.92 Å². The number of β-amino-alcohol motifs (C(OH)–C–C–N with tert-alkyl or cyclic N) is 1. The third-order valence-corrected chi connectivity index (χ3v) is 3.45. The molecule has 0 saturated heterocycles. The van der Waals surface area contributed by atoms with Crippen LogP contribution in [0.5, 0.6) is 5.75 Å². The molecular weight excluding hydrogens is 319 g/mol. The maximum Gasteiger partial charge on any atom is 0.337 e. The average Bonchev–Trinajstić information content (AvgIpc) is 2.87. The molecule has 8 heteroatoms. The summed E-state index contributed by atoms with van der Waals surface area (Å²) >= 11 is 0. The van der Waals surface area contributed by atoms with E-state index in [0.29, 0.717) is 12.4 Å². The van der Waals surface area contributed by atoms with E-state index >= 15 is 0 Å². The van der Waals surface area contributed by atoms with Crippen molar-refractivity contribution in [3.05, 3.63) is 35.3 Å². The molecule has 0 fully saturated rings. The Bertz CT molecular complexity index is 674. The molecule has 24 heavy (non-hydrogen) atoms. The number of hydrogen-bond donors (Lipinski definition) is 2. The number of carbonyl (C=O) groups is 2. The summed E-state index contributed by atoms with van der Waals surface area (Å²) in [5.41, 5.74) is 0.331. The topological polar surface area (TPSA) is 88.1 Å². The van der Waals surface area contributed by atoms with E-state index in [4.69, 9.17) is 14.6 Å². The number of aliphatic hydroxyl groups is 1. The summed E-state index contributed by atoms with van der Waals surface area (Å²) in [5.74, 6) is -1.31. The van der Waals surface area contributed by atoms with Crippen molar-refractivity contribution < 1.29 is 28.6 Å². The van der Waals surface area contributed by atoms with Gasteiger partial charge in [-0.1, -0.05) is 0 Å². The van der Waals surface area contributed by atoms with Gasteiger partial charge in [0.2, 0.25) is 0 Å². The molecule has 1 aromatic carbocycles.